The molecular formula is C50H97NO11S. The highest BCUT2D eigenvalue weighted by molar-refractivity contribution is 7.80. The van der Waals surface area contributed by atoms with Gasteiger partial charge in [-0.2, -0.15) is 8.42 Å². The summed E-state index contributed by atoms with van der Waals surface area (Å²) in [6, 6.07) is -0.859. The minimum Gasteiger partial charge on any atom is -0.394 e. The van der Waals surface area contributed by atoms with Crippen molar-refractivity contribution in [3.63, 3.8) is 0 Å². The van der Waals surface area contributed by atoms with Gasteiger partial charge in [-0.25, -0.2) is 4.18 Å². The van der Waals surface area contributed by atoms with Crippen LogP contribution in [0.1, 0.15) is 245 Å². The lowest BCUT2D eigenvalue weighted by molar-refractivity contribution is -0.298. The molecule has 0 radical (unpaired) electrons. The van der Waals surface area contributed by atoms with Gasteiger partial charge in [0.2, 0.25) is 5.91 Å². The van der Waals surface area contributed by atoms with Gasteiger partial charge in [0.15, 0.2) is 6.29 Å². The second-order valence-corrected chi connectivity index (χ2v) is 19.5. The molecule has 6 N–H and O–H groups in total. The van der Waals surface area contributed by atoms with Crippen LogP contribution < -0.4 is 5.32 Å². The molecule has 7 unspecified atom stereocenters. The van der Waals surface area contributed by atoms with Crippen LogP contribution in [0.5, 0.6) is 0 Å². The highest BCUT2D eigenvalue weighted by Gasteiger charge is 2.48. The number of nitrogens with one attached hydrogen (secondary N) is 1. The van der Waals surface area contributed by atoms with E-state index in [4.69, 9.17) is 9.47 Å². The van der Waals surface area contributed by atoms with Gasteiger partial charge >= 0.3 is 10.4 Å². The first-order valence-corrected chi connectivity index (χ1v) is 27.4. The van der Waals surface area contributed by atoms with E-state index in [0.29, 0.717) is 12.8 Å². The minimum atomic E-state index is -5.08. The highest BCUT2D eigenvalue weighted by atomic mass is 32.3. The van der Waals surface area contributed by atoms with Gasteiger partial charge in [-0.1, -0.05) is 219 Å². The average molecular weight is 920 g/mol. The predicted molar refractivity (Wildman–Crippen MR) is 255 cm³/mol. The topological polar surface area (TPSA) is 192 Å². The highest BCUT2D eigenvalue weighted by Crippen LogP contribution is 2.26. The van der Waals surface area contributed by atoms with Crippen LogP contribution >= 0.6 is 0 Å². The molecule has 0 spiro atoms. The van der Waals surface area contributed by atoms with Crippen LogP contribution in [-0.2, 0) is 28.9 Å². The number of allylic oxidation sites excluding steroid dienone is 2. The maximum atomic E-state index is 13.0. The zero-order chi connectivity index (χ0) is 46.2. The molecular weight excluding hydrogens is 823 g/mol. The molecule has 1 aliphatic rings. The predicted octanol–water partition coefficient (Wildman–Crippen LogP) is 11.1. The molecule has 374 valence electrons. The van der Waals surface area contributed by atoms with Crippen molar-refractivity contribution in [3.8, 4) is 0 Å². The van der Waals surface area contributed by atoms with Gasteiger partial charge in [-0.05, 0) is 32.1 Å². The number of hydrogen-bond donors (Lipinski definition) is 6. The van der Waals surface area contributed by atoms with Gasteiger partial charge in [0.1, 0.15) is 24.4 Å². The Morgan fingerprint density at radius 2 is 1.03 bits per heavy atom. The second-order valence-electron chi connectivity index (χ2n) is 18.5. The molecule has 13 heteroatoms. The molecule has 0 saturated carbocycles. The van der Waals surface area contributed by atoms with Crippen molar-refractivity contribution in [2.24, 2.45) is 0 Å². The summed E-state index contributed by atoms with van der Waals surface area (Å²) in [4.78, 5) is 13.0. The molecule has 1 heterocycles. The minimum absolute atomic E-state index is 0.238. The van der Waals surface area contributed by atoms with Crippen molar-refractivity contribution >= 4 is 16.3 Å². The van der Waals surface area contributed by atoms with Crippen molar-refractivity contribution in [1.29, 1.82) is 0 Å². The fraction of sp³-hybridized carbons (Fsp3) is 0.940. The molecule has 0 aromatic carbocycles. The number of amides is 1. The standard InChI is InChI=1S/C50H97NO11S/c1-3-5-7-9-11-13-15-16-17-18-19-20-21-22-23-24-25-26-27-28-30-31-33-35-37-39-44(53)43(51-46(54)40-38-36-34-32-29-14-12-10-8-6-4-2)42-60-50-48(56)49(62-63(57,58)59)47(55)45(41-52)61-50/h10,12,43-45,47-50,52-53,55-56H,3-9,11,13-42H2,1-2H3,(H,51,54)(H,57,58,59)/b12-10-. The average Bonchev–Trinajstić information content (AvgIpc) is 3.25. The van der Waals surface area contributed by atoms with E-state index in [0.717, 1.165) is 64.2 Å². The number of hydrogen-bond acceptors (Lipinski definition) is 10. The SMILES string of the molecule is CCCC/C=C\CCCCCCCC(=O)NC(COC1OC(CO)C(O)C(OS(=O)(=O)O)C1O)C(O)CCCCCCCCCCCCCCCCCCCCCCCCCCC. The second kappa shape index (κ2) is 41.1. The Balaban J connectivity index is 2.33. The van der Waals surface area contributed by atoms with Crippen LogP contribution in [0.4, 0.5) is 0 Å². The molecule has 1 aliphatic heterocycles. The molecule has 7 atom stereocenters. The molecule has 0 aliphatic carbocycles. The van der Waals surface area contributed by atoms with Gasteiger partial charge in [-0.3, -0.25) is 9.35 Å². The molecule has 1 rings (SSSR count). The molecule has 63 heavy (non-hydrogen) atoms. The van der Waals surface area contributed by atoms with Crippen molar-refractivity contribution in [2.45, 2.75) is 288 Å². The summed E-state index contributed by atoms with van der Waals surface area (Å²) in [5, 5.41) is 44.9. The maximum absolute atomic E-state index is 13.0. The molecule has 0 aromatic rings. The van der Waals surface area contributed by atoms with Gasteiger partial charge in [0.05, 0.1) is 25.4 Å². The van der Waals surface area contributed by atoms with Crippen LogP contribution in [0.3, 0.4) is 0 Å². The fourth-order valence-electron chi connectivity index (χ4n) is 8.50. The number of carbonyl (C=O) groups excluding carboxylic acids is 1. The lowest BCUT2D eigenvalue weighted by Crippen LogP contribution is -2.61. The Bertz CT molecular complexity index is 1180. The Kier molecular flexibility index (Phi) is 39.0. The quantitative estimate of drug-likeness (QED) is 0.0193. The van der Waals surface area contributed by atoms with E-state index in [1.54, 1.807) is 0 Å². The normalized spacial score (nSPS) is 20.4. The van der Waals surface area contributed by atoms with Crippen LogP contribution in [0.2, 0.25) is 0 Å². The zero-order valence-corrected chi connectivity index (χ0v) is 41.0. The number of rotatable bonds is 45. The van der Waals surface area contributed by atoms with E-state index < -0.39 is 59.9 Å². The first-order chi connectivity index (χ1) is 30.5. The summed E-state index contributed by atoms with van der Waals surface area (Å²) >= 11 is 0. The number of ether oxygens (including phenoxy) is 2. The first kappa shape index (κ1) is 59.9. The summed E-state index contributed by atoms with van der Waals surface area (Å²) in [7, 11) is -5.08. The van der Waals surface area contributed by atoms with Crippen molar-refractivity contribution in [3.05, 3.63) is 12.2 Å². The van der Waals surface area contributed by atoms with E-state index in [1.165, 1.54) is 148 Å². The number of carbonyl (C=O) groups is 1. The van der Waals surface area contributed by atoms with E-state index >= 15 is 0 Å². The Hall–Kier alpha value is -1.16. The smallest absolute Gasteiger partial charge is 0.394 e. The monoisotopic (exact) mass is 920 g/mol. The fourth-order valence-corrected chi connectivity index (χ4v) is 9.01. The van der Waals surface area contributed by atoms with Gasteiger partial charge < -0.3 is 35.2 Å². The number of aliphatic hydroxyl groups is 4. The molecule has 0 aromatic heterocycles. The summed E-state index contributed by atoms with van der Waals surface area (Å²) in [6.45, 7) is 3.42. The third-order valence-electron chi connectivity index (χ3n) is 12.6. The molecule has 1 saturated heterocycles. The Morgan fingerprint density at radius 3 is 1.48 bits per heavy atom. The van der Waals surface area contributed by atoms with E-state index in [1.807, 2.05) is 0 Å². The van der Waals surface area contributed by atoms with Gasteiger partial charge in [0, 0.05) is 6.42 Å². The summed E-state index contributed by atoms with van der Waals surface area (Å²) in [5.74, 6) is -0.238. The Labute approximate surface area is 385 Å². The van der Waals surface area contributed by atoms with E-state index in [-0.39, 0.29) is 18.9 Å². The van der Waals surface area contributed by atoms with Crippen LogP contribution in [0, 0.1) is 0 Å². The van der Waals surface area contributed by atoms with Crippen LogP contribution in [0.25, 0.3) is 0 Å². The van der Waals surface area contributed by atoms with Crippen molar-refractivity contribution in [2.75, 3.05) is 13.2 Å². The van der Waals surface area contributed by atoms with Crippen molar-refractivity contribution < 1.29 is 51.8 Å². The Morgan fingerprint density at radius 1 is 0.619 bits per heavy atom. The summed E-state index contributed by atoms with van der Waals surface area (Å²) in [5.41, 5.74) is 0. The maximum Gasteiger partial charge on any atom is 0.397 e. The molecule has 12 nitrogen and oxygen atoms in total. The molecule has 1 amide bonds. The lowest BCUT2D eigenvalue weighted by Gasteiger charge is -2.41. The first-order valence-electron chi connectivity index (χ1n) is 26.1. The molecule has 1 fully saturated rings. The summed E-state index contributed by atoms with van der Waals surface area (Å²) < 4.78 is 47.7. The lowest BCUT2D eigenvalue weighted by atomic mass is 9.99. The zero-order valence-electron chi connectivity index (χ0n) is 40.2. The largest absolute Gasteiger partial charge is 0.397 e. The van der Waals surface area contributed by atoms with E-state index in [2.05, 4.69) is 35.5 Å². The van der Waals surface area contributed by atoms with Crippen molar-refractivity contribution in [1.82, 2.24) is 5.32 Å². The third kappa shape index (κ3) is 33.9. The van der Waals surface area contributed by atoms with E-state index in [9.17, 15) is 38.2 Å². The van der Waals surface area contributed by atoms with Gasteiger partial charge in [0.25, 0.3) is 0 Å². The van der Waals surface area contributed by atoms with Crippen LogP contribution in [-0.4, -0.2) is 95.4 Å². The summed E-state index contributed by atoms with van der Waals surface area (Å²) in [6.07, 6.45) is 38.0. The van der Waals surface area contributed by atoms with Crippen LogP contribution in [0.15, 0.2) is 12.2 Å². The van der Waals surface area contributed by atoms with Gasteiger partial charge in [-0.15, -0.1) is 0 Å². The number of unbranched alkanes of at least 4 members (excludes halogenated alkanes) is 31. The number of aliphatic hydroxyl groups excluding tert-OH is 4. The molecule has 0 bridgehead atoms. The third-order valence-corrected chi connectivity index (χ3v) is 13.0.